The lowest BCUT2D eigenvalue weighted by atomic mass is 9.83. The lowest BCUT2D eigenvalue weighted by molar-refractivity contribution is 0.329. The second kappa shape index (κ2) is 6.42. The zero-order valence-corrected chi connectivity index (χ0v) is 13.3. The van der Waals surface area contributed by atoms with Crippen LogP contribution in [0.3, 0.4) is 0 Å². The molecule has 0 saturated carbocycles. The largest absolute Gasteiger partial charge is 0.494 e. The zero-order valence-electron chi connectivity index (χ0n) is 13.3. The molecule has 0 aliphatic rings. The Balaban J connectivity index is 3.22. The van der Waals surface area contributed by atoms with Gasteiger partial charge in [0.25, 0.3) is 0 Å². The van der Waals surface area contributed by atoms with Crippen LogP contribution < -0.4 is 10.5 Å². The van der Waals surface area contributed by atoms with E-state index >= 15 is 0 Å². The molecule has 0 saturated heterocycles. The molecule has 0 heterocycles. The predicted molar refractivity (Wildman–Crippen MR) is 83.0 cm³/mol. The van der Waals surface area contributed by atoms with Gasteiger partial charge >= 0.3 is 0 Å². The maximum Gasteiger partial charge on any atom is 0.123 e. The summed E-state index contributed by atoms with van der Waals surface area (Å²) in [5, 5.41) is 0. The summed E-state index contributed by atoms with van der Waals surface area (Å²) in [6.07, 6.45) is 1.95. The topological polar surface area (TPSA) is 35.2 Å². The predicted octanol–water partition coefficient (Wildman–Crippen LogP) is 3.97. The van der Waals surface area contributed by atoms with E-state index in [1.165, 1.54) is 16.7 Å². The van der Waals surface area contributed by atoms with Crippen LogP contribution in [0.5, 0.6) is 5.75 Å². The van der Waals surface area contributed by atoms with Gasteiger partial charge < -0.3 is 10.5 Å². The summed E-state index contributed by atoms with van der Waals surface area (Å²) in [6.45, 7) is 13.7. The van der Waals surface area contributed by atoms with Crippen molar-refractivity contribution in [3.8, 4) is 5.75 Å². The Morgan fingerprint density at radius 3 is 2.32 bits per heavy atom. The van der Waals surface area contributed by atoms with E-state index in [0.717, 1.165) is 18.6 Å². The molecule has 1 rings (SSSR count). The molecule has 19 heavy (non-hydrogen) atoms. The van der Waals surface area contributed by atoms with E-state index in [4.69, 9.17) is 10.5 Å². The summed E-state index contributed by atoms with van der Waals surface area (Å²) in [4.78, 5) is 0. The molecule has 0 amide bonds. The van der Waals surface area contributed by atoms with Crippen molar-refractivity contribution in [3.05, 3.63) is 28.8 Å². The molecule has 0 aromatic heterocycles. The SMILES string of the molecule is CCOc1cc(C)c(CC(N)CC)cc1C(C)(C)C. The van der Waals surface area contributed by atoms with Gasteiger partial charge in [-0.15, -0.1) is 0 Å². The van der Waals surface area contributed by atoms with Gasteiger partial charge in [0.1, 0.15) is 5.75 Å². The average molecular weight is 263 g/mol. The zero-order chi connectivity index (χ0) is 14.6. The summed E-state index contributed by atoms with van der Waals surface area (Å²) in [5.74, 6) is 1.02. The van der Waals surface area contributed by atoms with Crippen LogP contribution in [0.1, 0.15) is 57.7 Å². The number of ether oxygens (including phenoxy) is 1. The lowest BCUT2D eigenvalue weighted by Crippen LogP contribution is -2.23. The standard InChI is InChI=1S/C17H29NO/c1-7-14(18)10-13-11-15(17(4,5)6)16(19-8-2)9-12(13)3/h9,11,14H,7-8,10,18H2,1-6H3. The molecule has 1 aromatic carbocycles. The molecule has 1 unspecified atom stereocenters. The summed E-state index contributed by atoms with van der Waals surface area (Å²) in [6, 6.07) is 4.70. The van der Waals surface area contributed by atoms with Crippen molar-refractivity contribution in [1.82, 2.24) is 0 Å². The van der Waals surface area contributed by atoms with E-state index in [1.54, 1.807) is 0 Å². The minimum Gasteiger partial charge on any atom is -0.494 e. The minimum atomic E-state index is 0.0866. The quantitative estimate of drug-likeness (QED) is 0.872. The lowest BCUT2D eigenvalue weighted by Gasteiger charge is -2.25. The molecular formula is C17H29NO. The van der Waals surface area contributed by atoms with Gasteiger partial charge in [0, 0.05) is 6.04 Å². The molecule has 1 atom stereocenters. The van der Waals surface area contributed by atoms with Gasteiger partial charge in [0.05, 0.1) is 6.61 Å². The number of nitrogens with two attached hydrogens (primary N) is 1. The van der Waals surface area contributed by atoms with Crippen molar-refractivity contribution in [1.29, 1.82) is 0 Å². The van der Waals surface area contributed by atoms with Crippen molar-refractivity contribution in [2.75, 3.05) is 6.61 Å². The van der Waals surface area contributed by atoms with Crippen LogP contribution in [0.25, 0.3) is 0 Å². The van der Waals surface area contributed by atoms with E-state index in [0.29, 0.717) is 6.61 Å². The molecule has 0 spiro atoms. The van der Waals surface area contributed by atoms with Crippen LogP contribution in [0, 0.1) is 6.92 Å². The Hall–Kier alpha value is -1.02. The number of rotatable bonds is 5. The van der Waals surface area contributed by atoms with Crippen molar-refractivity contribution in [2.45, 2.75) is 65.8 Å². The summed E-state index contributed by atoms with van der Waals surface area (Å²) in [5.41, 5.74) is 10.1. The maximum atomic E-state index is 6.10. The van der Waals surface area contributed by atoms with Crippen molar-refractivity contribution < 1.29 is 4.74 Å². The van der Waals surface area contributed by atoms with Crippen molar-refractivity contribution >= 4 is 0 Å². The Morgan fingerprint density at radius 2 is 1.84 bits per heavy atom. The first-order valence-corrected chi connectivity index (χ1v) is 7.32. The normalized spacial score (nSPS) is 13.4. The van der Waals surface area contributed by atoms with E-state index < -0.39 is 0 Å². The molecule has 2 nitrogen and oxygen atoms in total. The van der Waals surface area contributed by atoms with Crippen LogP contribution in [-0.2, 0) is 11.8 Å². The van der Waals surface area contributed by atoms with E-state index in [-0.39, 0.29) is 11.5 Å². The fraction of sp³-hybridized carbons (Fsp3) is 0.647. The molecule has 1 aromatic rings. The van der Waals surface area contributed by atoms with Crippen molar-refractivity contribution in [2.24, 2.45) is 5.73 Å². The number of benzene rings is 1. The third-order valence-electron chi connectivity index (χ3n) is 3.55. The van der Waals surface area contributed by atoms with Crippen molar-refractivity contribution in [3.63, 3.8) is 0 Å². The van der Waals surface area contributed by atoms with Gasteiger partial charge in [0.15, 0.2) is 0 Å². The molecule has 0 bridgehead atoms. The fourth-order valence-electron chi connectivity index (χ4n) is 2.23. The summed E-state index contributed by atoms with van der Waals surface area (Å²) >= 11 is 0. The first kappa shape index (κ1) is 16.0. The van der Waals surface area contributed by atoms with Crippen LogP contribution in [-0.4, -0.2) is 12.6 Å². The van der Waals surface area contributed by atoms with Crippen LogP contribution in [0.4, 0.5) is 0 Å². The second-order valence-electron chi connectivity index (χ2n) is 6.33. The fourth-order valence-corrected chi connectivity index (χ4v) is 2.23. The maximum absolute atomic E-state index is 6.10. The number of aryl methyl sites for hydroxylation is 1. The molecule has 2 N–H and O–H groups in total. The number of hydrogen-bond donors (Lipinski definition) is 1. The monoisotopic (exact) mass is 263 g/mol. The third kappa shape index (κ3) is 4.24. The first-order valence-electron chi connectivity index (χ1n) is 7.32. The molecule has 0 radical (unpaired) electrons. The average Bonchev–Trinajstić information content (AvgIpc) is 2.31. The first-order chi connectivity index (χ1) is 8.79. The van der Waals surface area contributed by atoms with Gasteiger partial charge in [-0.2, -0.15) is 0 Å². The van der Waals surface area contributed by atoms with E-state index in [1.807, 2.05) is 6.92 Å². The van der Waals surface area contributed by atoms with Crippen LogP contribution in [0.2, 0.25) is 0 Å². The highest BCUT2D eigenvalue weighted by atomic mass is 16.5. The van der Waals surface area contributed by atoms with Gasteiger partial charge in [-0.05, 0) is 54.9 Å². The van der Waals surface area contributed by atoms with Gasteiger partial charge in [0.2, 0.25) is 0 Å². The third-order valence-corrected chi connectivity index (χ3v) is 3.55. The smallest absolute Gasteiger partial charge is 0.123 e. The highest BCUT2D eigenvalue weighted by molar-refractivity contribution is 5.46. The summed E-state index contributed by atoms with van der Waals surface area (Å²) < 4.78 is 5.80. The van der Waals surface area contributed by atoms with Gasteiger partial charge in [-0.3, -0.25) is 0 Å². The molecular weight excluding hydrogens is 234 g/mol. The molecule has 0 fully saturated rings. The minimum absolute atomic E-state index is 0.0866. The van der Waals surface area contributed by atoms with E-state index in [2.05, 4.69) is 46.8 Å². The summed E-state index contributed by atoms with van der Waals surface area (Å²) in [7, 11) is 0. The van der Waals surface area contributed by atoms with Crippen LogP contribution in [0.15, 0.2) is 12.1 Å². The highest BCUT2D eigenvalue weighted by Crippen LogP contribution is 2.34. The molecule has 0 aliphatic heterocycles. The highest BCUT2D eigenvalue weighted by Gasteiger charge is 2.21. The Morgan fingerprint density at radius 1 is 1.21 bits per heavy atom. The van der Waals surface area contributed by atoms with E-state index in [9.17, 15) is 0 Å². The Kier molecular flexibility index (Phi) is 5.42. The number of hydrogen-bond acceptors (Lipinski definition) is 2. The molecule has 0 aliphatic carbocycles. The molecule has 108 valence electrons. The molecule has 2 heteroatoms. The second-order valence-corrected chi connectivity index (χ2v) is 6.33. The van der Waals surface area contributed by atoms with Gasteiger partial charge in [-0.25, -0.2) is 0 Å². The Bertz CT molecular complexity index is 418. The Labute approximate surface area is 118 Å². The van der Waals surface area contributed by atoms with Gasteiger partial charge in [-0.1, -0.05) is 33.8 Å². The van der Waals surface area contributed by atoms with Crippen LogP contribution >= 0.6 is 0 Å².